The molecule has 4 atom stereocenters. The number of alkyl halides is 1. The topological polar surface area (TPSA) is 52.6 Å². The third kappa shape index (κ3) is 4.90. The molecule has 24 heavy (non-hydrogen) atoms. The van der Waals surface area contributed by atoms with Crippen LogP contribution in [0.2, 0.25) is 0 Å². The van der Waals surface area contributed by atoms with Gasteiger partial charge < -0.3 is 9.47 Å². The van der Waals surface area contributed by atoms with E-state index in [1.54, 1.807) is 25.6 Å². The van der Waals surface area contributed by atoms with Crippen LogP contribution in [0.1, 0.15) is 26.7 Å². The van der Waals surface area contributed by atoms with E-state index in [9.17, 15) is 9.59 Å². The molecule has 1 saturated carbocycles. The maximum Gasteiger partial charge on any atom is 0.309 e. The van der Waals surface area contributed by atoms with Crippen molar-refractivity contribution in [3.8, 4) is 0 Å². The van der Waals surface area contributed by atoms with E-state index in [-0.39, 0.29) is 22.6 Å². The number of hydrogen-bond acceptors (Lipinski definition) is 5. The fourth-order valence-electron chi connectivity index (χ4n) is 2.94. The molecule has 6 heteroatoms. The van der Waals surface area contributed by atoms with Crippen molar-refractivity contribution in [1.82, 2.24) is 0 Å². The molecule has 0 aromatic heterocycles. The Labute approximate surface area is 152 Å². The van der Waals surface area contributed by atoms with Gasteiger partial charge in [-0.15, -0.1) is 23.4 Å². The maximum absolute atomic E-state index is 12.3. The molecule has 1 aliphatic carbocycles. The zero-order chi connectivity index (χ0) is 17.5. The maximum atomic E-state index is 12.3. The third-order valence-corrected chi connectivity index (χ3v) is 6.06. The molecule has 0 aliphatic heterocycles. The van der Waals surface area contributed by atoms with E-state index >= 15 is 0 Å². The van der Waals surface area contributed by atoms with Crippen molar-refractivity contribution in [2.75, 3.05) is 13.2 Å². The molecular formula is C18H23ClO4S. The number of carbonyl (C=O) groups is 2. The van der Waals surface area contributed by atoms with Gasteiger partial charge in [-0.2, -0.15) is 0 Å². The average Bonchev–Trinajstić information content (AvgIpc) is 2.57. The van der Waals surface area contributed by atoms with Gasteiger partial charge in [0.1, 0.15) is 0 Å². The van der Waals surface area contributed by atoms with Crippen LogP contribution < -0.4 is 0 Å². The Balaban J connectivity index is 2.14. The number of hydrogen-bond donors (Lipinski definition) is 0. The predicted octanol–water partition coefficient (Wildman–Crippen LogP) is 3.91. The minimum absolute atomic E-state index is 0.0501. The standard InChI is InChI=1S/C18H23ClO4S/c1-3-22-17(20)13-10-15(19)16(11-14(13)18(21)23-4-2)24-12-8-6-5-7-9-12/h5-9,13-16H,3-4,10-11H2,1-2H3/t13-,14-,15+,16+/m0/s1. The van der Waals surface area contributed by atoms with Crippen LogP contribution in [0.3, 0.4) is 0 Å². The van der Waals surface area contributed by atoms with Gasteiger partial charge in [0.15, 0.2) is 0 Å². The quantitative estimate of drug-likeness (QED) is 0.561. The lowest BCUT2D eigenvalue weighted by atomic mass is 9.78. The van der Waals surface area contributed by atoms with Gasteiger partial charge >= 0.3 is 11.9 Å². The van der Waals surface area contributed by atoms with E-state index in [4.69, 9.17) is 21.1 Å². The minimum atomic E-state index is -0.529. The molecule has 1 aromatic rings. The molecule has 1 fully saturated rings. The van der Waals surface area contributed by atoms with Crippen molar-refractivity contribution in [3.05, 3.63) is 30.3 Å². The zero-order valence-corrected chi connectivity index (χ0v) is 15.5. The molecule has 132 valence electrons. The lowest BCUT2D eigenvalue weighted by molar-refractivity contribution is -0.162. The number of thioether (sulfide) groups is 1. The summed E-state index contributed by atoms with van der Waals surface area (Å²) in [5, 5.41) is -0.149. The fourth-order valence-corrected chi connectivity index (χ4v) is 4.61. The van der Waals surface area contributed by atoms with Crippen molar-refractivity contribution in [1.29, 1.82) is 0 Å². The van der Waals surface area contributed by atoms with Crippen LogP contribution in [0.5, 0.6) is 0 Å². The molecule has 4 nitrogen and oxygen atoms in total. The van der Waals surface area contributed by atoms with Gasteiger partial charge in [0.05, 0.1) is 25.0 Å². The second kappa shape index (κ2) is 9.33. The molecular weight excluding hydrogens is 348 g/mol. The summed E-state index contributed by atoms with van der Waals surface area (Å²) in [5.41, 5.74) is 0. The number of carbonyl (C=O) groups excluding carboxylic acids is 2. The fraction of sp³-hybridized carbons (Fsp3) is 0.556. The zero-order valence-electron chi connectivity index (χ0n) is 13.9. The van der Waals surface area contributed by atoms with E-state index < -0.39 is 11.8 Å². The highest BCUT2D eigenvalue weighted by molar-refractivity contribution is 8.00. The van der Waals surface area contributed by atoms with Crippen molar-refractivity contribution >= 4 is 35.3 Å². The summed E-state index contributed by atoms with van der Waals surface area (Å²) >= 11 is 8.19. The Morgan fingerprint density at radius 3 is 2.12 bits per heavy atom. The lowest BCUT2D eigenvalue weighted by Crippen LogP contribution is -2.43. The third-order valence-electron chi connectivity index (χ3n) is 4.06. The molecule has 0 radical (unpaired) electrons. The van der Waals surface area contributed by atoms with Gasteiger partial charge in [0.2, 0.25) is 0 Å². The molecule has 0 heterocycles. The summed E-state index contributed by atoms with van der Waals surface area (Å²) in [5.74, 6) is -1.72. The molecule has 1 aromatic carbocycles. The smallest absolute Gasteiger partial charge is 0.309 e. The first kappa shape index (κ1) is 19.1. The summed E-state index contributed by atoms with van der Waals surface area (Å²) in [6.45, 7) is 4.11. The number of ether oxygens (including phenoxy) is 2. The molecule has 0 N–H and O–H groups in total. The van der Waals surface area contributed by atoms with Gasteiger partial charge in [-0.3, -0.25) is 9.59 Å². The summed E-state index contributed by atoms with van der Waals surface area (Å²) in [6.07, 6.45) is 0.935. The van der Waals surface area contributed by atoms with E-state index in [0.717, 1.165) is 4.90 Å². The minimum Gasteiger partial charge on any atom is -0.466 e. The van der Waals surface area contributed by atoms with Gasteiger partial charge in [0.25, 0.3) is 0 Å². The lowest BCUT2D eigenvalue weighted by Gasteiger charge is -2.36. The molecule has 0 bridgehead atoms. The first-order valence-corrected chi connectivity index (χ1v) is 9.57. The van der Waals surface area contributed by atoms with Gasteiger partial charge in [0, 0.05) is 15.5 Å². The van der Waals surface area contributed by atoms with E-state index in [1.807, 2.05) is 30.3 Å². The van der Waals surface area contributed by atoms with Gasteiger partial charge in [-0.1, -0.05) is 18.2 Å². The Kier molecular flexibility index (Phi) is 7.43. The highest BCUT2D eigenvalue weighted by atomic mass is 35.5. The van der Waals surface area contributed by atoms with Crippen molar-refractivity contribution in [3.63, 3.8) is 0 Å². The van der Waals surface area contributed by atoms with Crippen LogP contribution in [-0.4, -0.2) is 35.8 Å². The second-order valence-corrected chi connectivity index (χ2v) is 7.55. The normalized spacial score (nSPS) is 26.6. The van der Waals surface area contributed by atoms with Crippen LogP contribution in [0.25, 0.3) is 0 Å². The van der Waals surface area contributed by atoms with E-state index in [0.29, 0.717) is 26.1 Å². The first-order chi connectivity index (χ1) is 11.6. The summed E-state index contributed by atoms with van der Waals surface area (Å²) in [7, 11) is 0. The number of benzene rings is 1. The second-order valence-electron chi connectivity index (χ2n) is 5.67. The number of rotatable bonds is 6. The Bertz CT molecular complexity index is 551. The first-order valence-electron chi connectivity index (χ1n) is 8.25. The SMILES string of the molecule is CCOC(=O)[C@H]1C[C@@H](Cl)[C@H](Sc2ccccc2)C[C@@H]1C(=O)OCC. The van der Waals surface area contributed by atoms with Crippen molar-refractivity contribution in [2.45, 2.75) is 42.2 Å². The van der Waals surface area contributed by atoms with Crippen molar-refractivity contribution < 1.29 is 19.1 Å². The van der Waals surface area contributed by atoms with Crippen LogP contribution in [0, 0.1) is 11.8 Å². The highest BCUT2D eigenvalue weighted by Gasteiger charge is 2.45. The monoisotopic (exact) mass is 370 g/mol. The van der Waals surface area contributed by atoms with E-state index in [1.165, 1.54) is 0 Å². The van der Waals surface area contributed by atoms with Crippen LogP contribution in [0.4, 0.5) is 0 Å². The Morgan fingerprint density at radius 1 is 1.04 bits per heavy atom. The molecule has 2 rings (SSSR count). The predicted molar refractivity (Wildman–Crippen MR) is 95.2 cm³/mol. The Hall–Kier alpha value is -1.20. The largest absolute Gasteiger partial charge is 0.466 e. The number of esters is 2. The molecule has 0 saturated heterocycles. The molecule has 0 unspecified atom stereocenters. The highest BCUT2D eigenvalue weighted by Crippen LogP contribution is 2.42. The number of halogens is 1. The molecule has 1 aliphatic rings. The molecule has 0 amide bonds. The summed E-state index contributed by atoms with van der Waals surface area (Å²) in [4.78, 5) is 25.7. The molecule has 0 spiro atoms. The van der Waals surface area contributed by atoms with Crippen LogP contribution >= 0.6 is 23.4 Å². The van der Waals surface area contributed by atoms with Gasteiger partial charge in [-0.25, -0.2) is 0 Å². The van der Waals surface area contributed by atoms with E-state index in [2.05, 4.69) is 0 Å². The summed E-state index contributed by atoms with van der Waals surface area (Å²) < 4.78 is 10.3. The van der Waals surface area contributed by atoms with Crippen molar-refractivity contribution in [2.24, 2.45) is 11.8 Å². The van der Waals surface area contributed by atoms with Crippen LogP contribution in [-0.2, 0) is 19.1 Å². The summed E-state index contributed by atoms with van der Waals surface area (Å²) in [6, 6.07) is 9.94. The Morgan fingerprint density at radius 2 is 1.58 bits per heavy atom. The van der Waals surface area contributed by atoms with Crippen LogP contribution in [0.15, 0.2) is 35.2 Å². The van der Waals surface area contributed by atoms with Gasteiger partial charge in [-0.05, 0) is 38.8 Å². The average molecular weight is 371 g/mol.